The van der Waals surface area contributed by atoms with E-state index < -0.39 is 0 Å². The molecule has 0 bridgehead atoms. The molecule has 0 radical (unpaired) electrons. The van der Waals surface area contributed by atoms with Crippen molar-refractivity contribution in [2.75, 3.05) is 5.75 Å². The van der Waals surface area contributed by atoms with Gasteiger partial charge in [-0.15, -0.1) is 11.8 Å². The lowest BCUT2D eigenvalue weighted by molar-refractivity contribution is 0.0933. The predicted octanol–water partition coefficient (Wildman–Crippen LogP) is 4.21. The van der Waals surface area contributed by atoms with Crippen LogP contribution >= 0.6 is 23.4 Å². The number of carbonyl (C=O) groups is 1. The number of nitrogens with one attached hydrogen (secondary N) is 1. The SMILES string of the molecule is Cc1occc1C(=O)N[C@@H]1CCSc2ccc(Cl)cc21. The van der Waals surface area contributed by atoms with Crippen molar-refractivity contribution in [3.05, 3.63) is 52.4 Å². The van der Waals surface area contributed by atoms with E-state index in [9.17, 15) is 4.79 Å². The van der Waals surface area contributed by atoms with Gasteiger partial charge >= 0.3 is 0 Å². The lowest BCUT2D eigenvalue weighted by atomic mass is 10.0. The summed E-state index contributed by atoms with van der Waals surface area (Å²) in [4.78, 5) is 13.5. The molecule has 0 saturated heterocycles. The Morgan fingerprint density at radius 3 is 3.05 bits per heavy atom. The zero-order chi connectivity index (χ0) is 14.1. The summed E-state index contributed by atoms with van der Waals surface area (Å²) in [5.74, 6) is 1.53. The molecule has 1 aliphatic heterocycles. The normalized spacial score (nSPS) is 17.6. The van der Waals surface area contributed by atoms with Crippen molar-refractivity contribution in [2.45, 2.75) is 24.3 Å². The third-order valence-electron chi connectivity index (χ3n) is 3.42. The molecule has 2 aromatic rings. The minimum Gasteiger partial charge on any atom is -0.469 e. The standard InChI is InChI=1S/C15H14ClNO2S/c1-9-11(4-6-19-9)15(18)17-13-5-7-20-14-3-2-10(16)8-12(13)14/h2-4,6,8,13H,5,7H2,1H3,(H,17,18)/t13-/m1/s1. The van der Waals surface area contributed by atoms with Gasteiger partial charge in [0.25, 0.3) is 5.91 Å². The lowest BCUT2D eigenvalue weighted by Gasteiger charge is -2.26. The van der Waals surface area contributed by atoms with E-state index in [0.29, 0.717) is 16.3 Å². The van der Waals surface area contributed by atoms with Gasteiger partial charge in [-0.3, -0.25) is 4.79 Å². The fraction of sp³-hybridized carbons (Fsp3) is 0.267. The van der Waals surface area contributed by atoms with Gasteiger partial charge in [0.2, 0.25) is 0 Å². The first kappa shape index (κ1) is 13.6. The second-order valence-corrected chi connectivity index (χ2v) is 6.31. The molecule has 2 heterocycles. The van der Waals surface area contributed by atoms with Crippen LogP contribution in [-0.2, 0) is 0 Å². The number of hydrogen-bond donors (Lipinski definition) is 1. The molecule has 1 aromatic heterocycles. The van der Waals surface area contributed by atoms with Crippen LogP contribution in [0.15, 0.2) is 39.8 Å². The molecule has 1 N–H and O–H groups in total. The number of benzene rings is 1. The second-order valence-electron chi connectivity index (χ2n) is 4.74. The summed E-state index contributed by atoms with van der Waals surface area (Å²) in [7, 11) is 0. The molecule has 1 atom stereocenters. The molecule has 0 fully saturated rings. The molecule has 1 aromatic carbocycles. The first-order valence-corrected chi connectivity index (χ1v) is 7.78. The Labute approximate surface area is 126 Å². The van der Waals surface area contributed by atoms with Crippen LogP contribution in [0, 0.1) is 6.92 Å². The van der Waals surface area contributed by atoms with Crippen molar-refractivity contribution < 1.29 is 9.21 Å². The van der Waals surface area contributed by atoms with Gasteiger partial charge in [-0.25, -0.2) is 0 Å². The molecule has 20 heavy (non-hydrogen) atoms. The molecule has 0 unspecified atom stereocenters. The van der Waals surface area contributed by atoms with Gasteiger partial charge in [0, 0.05) is 15.7 Å². The molecular weight excluding hydrogens is 294 g/mol. The molecular formula is C15H14ClNO2S. The highest BCUT2D eigenvalue weighted by molar-refractivity contribution is 7.99. The highest BCUT2D eigenvalue weighted by Crippen LogP contribution is 2.37. The topological polar surface area (TPSA) is 42.2 Å². The summed E-state index contributed by atoms with van der Waals surface area (Å²) in [6, 6.07) is 7.55. The van der Waals surface area contributed by atoms with E-state index in [1.165, 1.54) is 11.2 Å². The first-order chi connectivity index (χ1) is 9.65. The van der Waals surface area contributed by atoms with Crippen LogP contribution in [0.3, 0.4) is 0 Å². The highest BCUT2D eigenvalue weighted by Gasteiger charge is 2.24. The Kier molecular flexibility index (Phi) is 3.76. The molecule has 1 aliphatic rings. The number of rotatable bonds is 2. The van der Waals surface area contributed by atoms with E-state index in [0.717, 1.165) is 17.7 Å². The molecule has 3 rings (SSSR count). The van der Waals surface area contributed by atoms with E-state index in [1.54, 1.807) is 24.8 Å². The maximum absolute atomic E-state index is 12.3. The fourth-order valence-corrected chi connectivity index (χ4v) is 3.66. The monoisotopic (exact) mass is 307 g/mol. The van der Waals surface area contributed by atoms with Gasteiger partial charge in [0.1, 0.15) is 5.76 Å². The molecule has 0 aliphatic carbocycles. The maximum Gasteiger partial charge on any atom is 0.255 e. The van der Waals surface area contributed by atoms with Gasteiger partial charge < -0.3 is 9.73 Å². The lowest BCUT2D eigenvalue weighted by Crippen LogP contribution is -2.30. The van der Waals surface area contributed by atoms with Gasteiger partial charge in [0.15, 0.2) is 0 Å². The average molecular weight is 308 g/mol. The van der Waals surface area contributed by atoms with Crippen LogP contribution in [0.5, 0.6) is 0 Å². The molecule has 0 saturated carbocycles. The molecule has 104 valence electrons. The van der Waals surface area contributed by atoms with Gasteiger partial charge in [0.05, 0.1) is 17.9 Å². The minimum absolute atomic E-state index is 0.00625. The van der Waals surface area contributed by atoms with Crippen molar-refractivity contribution in [2.24, 2.45) is 0 Å². The summed E-state index contributed by atoms with van der Waals surface area (Å²) >= 11 is 7.87. The van der Waals surface area contributed by atoms with Gasteiger partial charge in [-0.1, -0.05) is 11.6 Å². The van der Waals surface area contributed by atoms with Crippen molar-refractivity contribution >= 4 is 29.3 Å². The van der Waals surface area contributed by atoms with Crippen LogP contribution in [-0.4, -0.2) is 11.7 Å². The molecule has 1 amide bonds. The average Bonchev–Trinajstić information content (AvgIpc) is 2.86. The van der Waals surface area contributed by atoms with Gasteiger partial charge in [-0.2, -0.15) is 0 Å². The Hall–Kier alpha value is -1.39. The van der Waals surface area contributed by atoms with E-state index >= 15 is 0 Å². The molecule has 3 nitrogen and oxygen atoms in total. The number of carbonyl (C=O) groups excluding carboxylic acids is 1. The van der Waals surface area contributed by atoms with E-state index in [1.807, 2.05) is 18.2 Å². The van der Waals surface area contributed by atoms with E-state index in [4.69, 9.17) is 16.0 Å². The van der Waals surface area contributed by atoms with Crippen molar-refractivity contribution in [1.29, 1.82) is 0 Å². The quantitative estimate of drug-likeness (QED) is 0.903. The number of amides is 1. The number of fused-ring (bicyclic) bond motifs is 1. The number of thioether (sulfide) groups is 1. The van der Waals surface area contributed by atoms with Crippen molar-refractivity contribution in [1.82, 2.24) is 5.32 Å². The minimum atomic E-state index is -0.0981. The van der Waals surface area contributed by atoms with Crippen LogP contribution in [0.2, 0.25) is 5.02 Å². The number of hydrogen-bond acceptors (Lipinski definition) is 3. The summed E-state index contributed by atoms with van der Waals surface area (Å²) < 4.78 is 5.18. The fourth-order valence-electron chi connectivity index (χ4n) is 2.37. The zero-order valence-electron chi connectivity index (χ0n) is 11.0. The maximum atomic E-state index is 12.3. The van der Waals surface area contributed by atoms with Gasteiger partial charge in [-0.05, 0) is 43.2 Å². The summed E-state index contributed by atoms with van der Waals surface area (Å²) in [5.41, 5.74) is 1.69. The Morgan fingerprint density at radius 1 is 1.45 bits per heavy atom. The smallest absolute Gasteiger partial charge is 0.255 e. The Balaban J connectivity index is 1.85. The largest absolute Gasteiger partial charge is 0.469 e. The summed E-state index contributed by atoms with van der Waals surface area (Å²) in [6.45, 7) is 1.79. The summed E-state index contributed by atoms with van der Waals surface area (Å²) in [5, 5.41) is 3.77. The number of furan rings is 1. The predicted molar refractivity (Wildman–Crippen MR) is 80.4 cm³/mol. The van der Waals surface area contributed by atoms with Crippen LogP contribution in [0.1, 0.15) is 34.1 Å². The van der Waals surface area contributed by atoms with Crippen molar-refractivity contribution in [3.8, 4) is 0 Å². The number of aryl methyl sites for hydroxylation is 1. The van der Waals surface area contributed by atoms with Crippen LogP contribution in [0.4, 0.5) is 0 Å². The third-order valence-corrected chi connectivity index (χ3v) is 4.78. The zero-order valence-corrected chi connectivity index (χ0v) is 12.6. The highest BCUT2D eigenvalue weighted by atomic mass is 35.5. The first-order valence-electron chi connectivity index (χ1n) is 6.42. The van der Waals surface area contributed by atoms with Crippen molar-refractivity contribution in [3.63, 3.8) is 0 Å². The molecule has 0 spiro atoms. The Bertz CT molecular complexity index is 653. The summed E-state index contributed by atoms with van der Waals surface area (Å²) in [6.07, 6.45) is 2.44. The number of halogens is 1. The van der Waals surface area contributed by atoms with Crippen LogP contribution in [0.25, 0.3) is 0 Å². The third kappa shape index (κ3) is 2.58. The second kappa shape index (κ2) is 5.54. The van der Waals surface area contributed by atoms with Crippen LogP contribution < -0.4 is 5.32 Å². The van der Waals surface area contributed by atoms with E-state index in [-0.39, 0.29) is 11.9 Å². The Morgan fingerprint density at radius 2 is 2.30 bits per heavy atom. The molecule has 5 heteroatoms. The van der Waals surface area contributed by atoms with E-state index in [2.05, 4.69) is 5.32 Å².